The number of anilines is 1. The highest BCUT2D eigenvalue weighted by Gasteiger charge is 2.26. The van der Waals surface area contributed by atoms with E-state index in [1.54, 1.807) is 0 Å². The lowest BCUT2D eigenvalue weighted by molar-refractivity contribution is 0.280. The molecule has 3 heteroatoms. The van der Waals surface area contributed by atoms with Gasteiger partial charge in [-0.25, -0.2) is 0 Å². The fourth-order valence-corrected chi connectivity index (χ4v) is 2.83. The molecule has 1 aromatic carbocycles. The molecule has 2 unspecified atom stereocenters. The molecule has 94 valence electrons. The average molecular weight is 254 g/mol. The minimum absolute atomic E-state index is 0.0491. The highest BCUT2D eigenvalue weighted by Crippen LogP contribution is 2.32. The van der Waals surface area contributed by atoms with Gasteiger partial charge in [0.25, 0.3) is 0 Å². The van der Waals surface area contributed by atoms with Crippen LogP contribution in [0.15, 0.2) is 18.2 Å². The second kappa shape index (κ2) is 5.28. The Morgan fingerprint density at radius 2 is 2.18 bits per heavy atom. The van der Waals surface area contributed by atoms with Gasteiger partial charge in [-0.15, -0.1) is 0 Å². The molecular formula is C14H20ClNO. The molecule has 2 nitrogen and oxygen atoms in total. The predicted octanol–water partition coefficient (Wildman–Crippen LogP) is 3.46. The summed E-state index contributed by atoms with van der Waals surface area (Å²) in [6.07, 6.45) is 2.51. The molecule has 1 aliphatic rings. The van der Waals surface area contributed by atoms with Crippen LogP contribution in [0.4, 0.5) is 5.69 Å². The van der Waals surface area contributed by atoms with Crippen LogP contribution in [0.2, 0.25) is 5.02 Å². The number of piperidine rings is 1. The molecule has 0 saturated carbocycles. The first-order chi connectivity index (χ1) is 8.13. The predicted molar refractivity (Wildman–Crippen MR) is 72.6 cm³/mol. The molecule has 17 heavy (non-hydrogen) atoms. The van der Waals surface area contributed by atoms with Gasteiger partial charge in [0, 0.05) is 28.9 Å². The van der Waals surface area contributed by atoms with Crippen molar-refractivity contribution >= 4 is 17.3 Å². The van der Waals surface area contributed by atoms with Crippen LogP contribution in [0.25, 0.3) is 0 Å². The van der Waals surface area contributed by atoms with Crippen LogP contribution >= 0.6 is 11.6 Å². The molecule has 2 rings (SSSR count). The van der Waals surface area contributed by atoms with Crippen molar-refractivity contribution in [1.82, 2.24) is 0 Å². The van der Waals surface area contributed by atoms with E-state index in [0.29, 0.717) is 17.0 Å². The Balaban J connectivity index is 2.32. The Bertz CT molecular complexity index is 394. The van der Waals surface area contributed by atoms with Crippen molar-refractivity contribution in [2.75, 3.05) is 11.4 Å². The topological polar surface area (TPSA) is 23.5 Å². The summed E-state index contributed by atoms with van der Waals surface area (Å²) >= 11 is 5.97. The molecule has 2 atom stereocenters. The molecule has 1 saturated heterocycles. The van der Waals surface area contributed by atoms with E-state index in [-0.39, 0.29) is 6.61 Å². The normalized spacial score (nSPS) is 25.1. The van der Waals surface area contributed by atoms with Crippen LogP contribution < -0.4 is 4.90 Å². The van der Waals surface area contributed by atoms with Crippen LogP contribution in [0.1, 0.15) is 32.3 Å². The number of rotatable bonds is 2. The Hall–Kier alpha value is -0.730. The largest absolute Gasteiger partial charge is 0.392 e. The quantitative estimate of drug-likeness (QED) is 0.873. The first-order valence-corrected chi connectivity index (χ1v) is 6.67. The third-order valence-corrected chi connectivity index (χ3v) is 4.13. The Kier molecular flexibility index (Phi) is 3.95. The minimum Gasteiger partial charge on any atom is -0.392 e. The van der Waals surface area contributed by atoms with Gasteiger partial charge in [0.1, 0.15) is 0 Å². The van der Waals surface area contributed by atoms with E-state index < -0.39 is 0 Å². The van der Waals surface area contributed by atoms with Crippen LogP contribution in [0.5, 0.6) is 0 Å². The number of benzene rings is 1. The number of hydrogen-bond acceptors (Lipinski definition) is 2. The van der Waals surface area contributed by atoms with Gasteiger partial charge in [-0.3, -0.25) is 0 Å². The number of halogens is 1. The lowest BCUT2D eigenvalue weighted by Gasteiger charge is -2.40. The van der Waals surface area contributed by atoms with Crippen molar-refractivity contribution in [1.29, 1.82) is 0 Å². The fraction of sp³-hybridized carbons (Fsp3) is 0.571. The van der Waals surface area contributed by atoms with Crippen molar-refractivity contribution in [3.63, 3.8) is 0 Å². The SMILES string of the molecule is CC1CCCN(c2ccc(Cl)cc2CO)C1C. The summed E-state index contributed by atoms with van der Waals surface area (Å²) in [5, 5.41) is 10.1. The van der Waals surface area contributed by atoms with E-state index in [1.807, 2.05) is 18.2 Å². The molecular weight excluding hydrogens is 234 g/mol. The third kappa shape index (κ3) is 2.58. The highest BCUT2D eigenvalue weighted by atomic mass is 35.5. The molecule has 0 aliphatic carbocycles. The summed E-state index contributed by atoms with van der Waals surface area (Å²) in [4.78, 5) is 2.40. The molecule has 1 fully saturated rings. The van der Waals surface area contributed by atoms with E-state index in [9.17, 15) is 5.11 Å². The van der Waals surface area contributed by atoms with Crippen molar-refractivity contribution in [3.05, 3.63) is 28.8 Å². The number of aliphatic hydroxyl groups excluding tert-OH is 1. The van der Waals surface area contributed by atoms with E-state index in [4.69, 9.17) is 11.6 Å². The Morgan fingerprint density at radius 1 is 1.41 bits per heavy atom. The zero-order valence-electron chi connectivity index (χ0n) is 10.5. The maximum atomic E-state index is 9.44. The second-order valence-corrected chi connectivity index (χ2v) is 5.42. The Labute approximate surface area is 108 Å². The molecule has 1 aromatic rings. The van der Waals surface area contributed by atoms with E-state index >= 15 is 0 Å². The summed E-state index contributed by atoms with van der Waals surface area (Å²) < 4.78 is 0. The molecule has 0 bridgehead atoms. The lowest BCUT2D eigenvalue weighted by Crippen LogP contribution is -2.42. The first-order valence-electron chi connectivity index (χ1n) is 6.29. The van der Waals surface area contributed by atoms with Gasteiger partial charge in [0.2, 0.25) is 0 Å². The van der Waals surface area contributed by atoms with Crippen molar-refractivity contribution in [3.8, 4) is 0 Å². The zero-order valence-corrected chi connectivity index (χ0v) is 11.2. The number of nitrogens with zero attached hydrogens (tertiary/aromatic N) is 1. The van der Waals surface area contributed by atoms with Crippen LogP contribution in [-0.4, -0.2) is 17.7 Å². The van der Waals surface area contributed by atoms with Gasteiger partial charge in [0.05, 0.1) is 6.61 Å². The molecule has 0 amide bonds. The highest BCUT2D eigenvalue weighted by molar-refractivity contribution is 6.30. The summed E-state index contributed by atoms with van der Waals surface area (Å²) in [7, 11) is 0. The zero-order chi connectivity index (χ0) is 12.4. The van der Waals surface area contributed by atoms with Crippen molar-refractivity contribution < 1.29 is 5.11 Å². The molecule has 0 spiro atoms. The third-order valence-electron chi connectivity index (χ3n) is 3.89. The summed E-state index contributed by atoms with van der Waals surface area (Å²) in [6, 6.07) is 6.32. The monoisotopic (exact) mass is 253 g/mol. The van der Waals surface area contributed by atoms with Gasteiger partial charge < -0.3 is 10.0 Å². The standard InChI is InChI=1S/C14H20ClNO/c1-10-4-3-7-16(11(10)2)14-6-5-13(15)8-12(14)9-17/h5-6,8,10-11,17H,3-4,7,9H2,1-2H3. The number of hydrogen-bond donors (Lipinski definition) is 1. The van der Waals surface area contributed by atoms with Gasteiger partial charge in [0.15, 0.2) is 0 Å². The second-order valence-electron chi connectivity index (χ2n) is 4.98. The van der Waals surface area contributed by atoms with Gasteiger partial charge in [-0.2, -0.15) is 0 Å². The first kappa shape index (κ1) is 12.7. The van der Waals surface area contributed by atoms with Gasteiger partial charge in [-0.05, 0) is 43.9 Å². The smallest absolute Gasteiger partial charge is 0.0702 e. The maximum Gasteiger partial charge on any atom is 0.0702 e. The van der Waals surface area contributed by atoms with Crippen LogP contribution in [0.3, 0.4) is 0 Å². The van der Waals surface area contributed by atoms with Crippen molar-refractivity contribution in [2.45, 2.75) is 39.3 Å². The van der Waals surface area contributed by atoms with E-state index in [2.05, 4.69) is 18.7 Å². The summed E-state index contributed by atoms with van der Waals surface area (Å²) in [6.45, 7) is 5.68. The van der Waals surface area contributed by atoms with Gasteiger partial charge >= 0.3 is 0 Å². The lowest BCUT2D eigenvalue weighted by atomic mass is 9.91. The molecule has 1 aliphatic heterocycles. The van der Waals surface area contributed by atoms with Crippen LogP contribution in [0, 0.1) is 5.92 Å². The number of aliphatic hydroxyl groups is 1. The molecule has 0 radical (unpaired) electrons. The average Bonchev–Trinajstić information content (AvgIpc) is 2.33. The maximum absolute atomic E-state index is 9.44. The molecule has 1 N–H and O–H groups in total. The fourth-order valence-electron chi connectivity index (χ4n) is 2.64. The summed E-state index contributed by atoms with van der Waals surface area (Å²) in [5.74, 6) is 0.700. The molecule has 0 aromatic heterocycles. The van der Waals surface area contributed by atoms with E-state index in [1.165, 1.54) is 12.8 Å². The Morgan fingerprint density at radius 3 is 2.88 bits per heavy atom. The van der Waals surface area contributed by atoms with Crippen molar-refractivity contribution in [2.24, 2.45) is 5.92 Å². The van der Waals surface area contributed by atoms with Crippen LogP contribution in [-0.2, 0) is 6.61 Å². The van der Waals surface area contributed by atoms with Gasteiger partial charge in [-0.1, -0.05) is 18.5 Å². The molecule has 1 heterocycles. The minimum atomic E-state index is 0.0491. The summed E-state index contributed by atoms with van der Waals surface area (Å²) in [5.41, 5.74) is 2.06. The van der Waals surface area contributed by atoms with E-state index in [0.717, 1.165) is 17.8 Å².